The molecule has 1 aliphatic rings. The maximum Gasteiger partial charge on any atom is 0.138 e. The molecule has 2 aromatic heterocycles. The van der Waals surface area contributed by atoms with Gasteiger partial charge in [-0.15, -0.1) is 0 Å². The van der Waals surface area contributed by atoms with Gasteiger partial charge in [0.25, 0.3) is 0 Å². The molecular formula is C14H17N3O. The van der Waals surface area contributed by atoms with Gasteiger partial charge in [0.05, 0.1) is 0 Å². The summed E-state index contributed by atoms with van der Waals surface area (Å²) in [5.41, 5.74) is 0.973. The molecule has 1 fully saturated rings. The average molecular weight is 243 g/mol. The molecule has 4 nitrogen and oxygen atoms in total. The van der Waals surface area contributed by atoms with E-state index in [1.165, 1.54) is 5.82 Å². The van der Waals surface area contributed by atoms with Crippen molar-refractivity contribution in [2.45, 2.75) is 19.8 Å². The lowest BCUT2D eigenvalue weighted by Gasteiger charge is -2.32. The predicted molar refractivity (Wildman–Crippen MR) is 70.8 cm³/mol. The maximum absolute atomic E-state index is 11.4. The fourth-order valence-electron chi connectivity index (χ4n) is 2.71. The van der Waals surface area contributed by atoms with E-state index in [9.17, 15) is 4.79 Å². The largest absolute Gasteiger partial charge is 0.358 e. The third kappa shape index (κ3) is 1.88. The summed E-state index contributed by atoms with van der Waals surface area (Å²) in [6.45, 7) is 3.60. The zero-order chi connectivity index (χ0) is 12.5. The van der Waals surface area contributed by atoms with Gasteiger partial charge in [0.15, 0.2) is 0 Å². The Balaban J connectivity index is 1.84. The van der Waals surface area contributed by atoms with Gasteiger partial charge in [-0.2, -0.15) is 0 Å². The highest BCUT2D eigenvalue weighted by atomic mass is 16.1. The number of piperidine rings is 1. The maximum atomic E-state index is 11.4. The van der Waals surface area contributed by atoms with Crippen LogP contribution in [-0.2, 0) is 4.79 Å². The minimum absolute atomic E-state index is 0.253. The van der Waals surface area contributed by atoms with Crippen LogP contribution in [0.15, 0.2) is 30.6 Å². The normalized spacial score (nSPS) is 17.3. The van der Waals surface area contributed by atoms with E-state index in [0.29, 0.717) is 5.78 Å². The number of pyridine rings is 1. The Bertz CT molecular complexity index is 567. The number of anilines is 1. The first kappa shape index (κ1) is 11.3. The molecule has 94 valence electrons. The van der Waals surface area contributed by atoms with Crippen molar-refractivity contribution in [2.24, 2.45) is 5.92 Å². The van der Waals surface area contributed by atoms with Crippen molar-refractivity contribution in [1.29, 1.82) is 0 Å². The Labute approximate surface area is 106 Å². The van der Waals surface area contributed by atoms with Crippen LogP contribution in [0.2, 0.25) is 0 Å². The molecule has 4 heteroatoms. The van der Waals surface area contributed by atoms with Gasteiger partial charge in [0, 0.05) is 31.4 Å². The van der Waals surface area contributed by atoms with Crippen molar-refractivity contribution in [2.75, 3.05) is 18.0 Å². The first-order valence-corrected chi connectivity index (χ1v) is 6.43. The number of imidazole rings is 1. The van der Waals surface area contributed by atoms with Crippen molar-refractivity contribution in [1.82, 2.24) is 9.38 Å². The van der Waals surface area contributed by atoms with Crippen molar-refractivity contribution >= 4 is 17.2 Å². The van der Waals surface area contributed by atoms with E-state index in [4.69, 9.17) is 0 Å². The summed E-state index contributed by atoms with van der Waals surface area (Å²) < 4.78 is 2.11. The topological polar surface area (TPSA) is 37.6 Å². The number of nitrogens with zero attached hydrogens (tertiary/aromatic N) is 3. The summed E-state index contributed by atoms with van der Waals surface area (Å²) in [6.07, 6.45) is 5.73. The first-order valence-electron chi connectivity index (χ1n) is 6.43. The molecule has 3 heterocycles. The number of fused-ring (bicyclic) bond motifs is 1. The van der Waals surface area contributed by atoms with Crippen LogP contribution in [0.5, 0.6) is 0 Å². The van der Waals surface area contributed by atoms with Crippen LogP contribution in [0.3, 0.4) is 0 Å². The Morgan fingerprint density at radius 3 is 2.83 bits per heavy atom. The van der Waals surface area contributed by atoms with Crippen molar-refractivity contribution in [3.8, 4) is 0 Å². The van der Waals surface area contributed by atoms with Crippen molar-refractivity contribution < 1.29 is 4.79 Å². The molecule has 0 bridgehead atoms. The summed E-state index contributed by atoms with van der Waals surface area (Å²) in [7, 11) is 0. The number of hydrogen-bond acceptors (Lipinski definition) is 3. The van der Waals surface area contributed by atoms with E-state index in [-0.39, 0.29) is 5.92 Å². The zero-order valence-electron chi connectivity index (χ0n) is 10.5. The molecule has 0 N–H and O–H groups in total. The van der Waals surface area contributed by atoms with Crippen LogP contribution in [0.4, 0.5) is 5.82 Å². The molecule has 0 saturated carbocycles. The molecule has 2 aromatic rings. The number of ketones is 1. The number of carbonyl (C=O) groups is 1. The van der Waals surface area contributed by atoms with Crippen LogP contribution >= 0.6 is 0 Å². The van der Waals surface area contributed by atoms with E-state index >= 15 is 0 Å². The van der Waals surface area contributed by atoms with E-state index in [2.05, 4.69) is 20.4 Å². The van der Waals surface area contributed by atoms with Crippen molar-refractivity contribution in [3.05, 3.63) is 30.6 Å². The standard InChI is InChI=1S/C14H17N3O/c1-11(18)12-5-8-16(9-6-12)14-4-2-3-13-15-7-10-17(13)14/h2-4,7,10,12H,5-6,8-9H2,1H3. The van der Waals surface area contributed by atoms with Gasteiger partial charge in [-0.25, -0.2) is 4.98 Å². The van der Waals surface area contributed by atoms with Gasteiger partial charge in [0.2, 0.25) is 0 Å². The van der Waals surface area contributed by atoms with Gasteiger partial charge in [-0.3, -0.25) is 9.20 Å². The van der Waals surface area contributed by atoms with Crippen LogP contribution < -0.4 is 4.90 Å². The minimum atomic E-state index is 0.253. The molecule has 0 unspecified atom stereocenters. The second-order valence-electron chi connectivity index (χ2n) is 4.91. The number of aromatic nitrogens is 2. The molecule has 1 aliphatic heterocycles. The third-order valence-corrected chi connectivity index (χ3v) is 3.80. The second kappa shape index (κ2) is 4.44. The number of Topliss-reactive ketones (excluding diaryl/α,β-unsaturated/α-hetero) is 1. The highest BCUT2D eigenvalue weighted by Crippen LogP contribution is 2.24. The quantitative estimate of drug-likeness (QED) is 0.811. The molecule has 0 aromatic carbocycles. The van der Waals surface area contributed by atoms with Gasteiger partial charge in [-0.05, 0) is 31.9 Å². The second-order valence-corrected chi connectivity index (χ2v) is 4.91. The summed E-state index contributed by atoms with van der Waals surface area (Å²) in [6, 6.07) is 6.16. The van der Waals surface area contributed by atoms with Gasteiger partial charge in [-0.1, -0.05) is 6.07 Å². The summed E-state index contributed by atoms with van der Waals surface area (Å²) in [5.74, 6) is 1.76. The Kier molecular flexibility index (Phi) is 2.78. The fraction of sp³-hybridized carbons (Fsp3) is 0.429. The van der Waals surface area contributed by atoms with Crippen LogP contribution in [0.25, 0.3) is 5.65 Å². The van der Waals surface area contributed by atoms with Crippen LogP contribution in [0, 0.1) is 5.92 Å². The molecule has 0 radical (unpaired) electrons. The molecule has 0 spiro atoms. The van der Waals surface area contributed by atoms with Gasteiger partial charge >= 0.3 is 0 Å². The smallest absolute Gasteiger partial charge is 0.138 e. The lowest BCUT2D eigenvalue weighted by molar-refractivity contribution is -0.121. The predicted octanol–water partition coefficient (Wildman–Crippen LogP) is 2.14. The number of carbonyl (C=O) groups excluding carboxylic acids is 1. The summed E-state index contributed by atoms with van der Waals surface area (Å²) in [4.78, 5) is 18.0. The molecular weight excluding hydrogens is 226 g/mol. The van der Waals surface area contributed by atoms with Gasteiger partial charge in [0.1, 0.15) is 17.2 Å². The van der Waals surface area contributed by atoms with Crippen LogP contribution in [0.1, 0.15) is 19.8 Å². The van der Waals surface area contributed by atoms with Crippen LogP contribution in [-0.4, -0.2) is 28.3 Å². The number of hydrogen-bond donors (Lipinski definition) is 0. The number of rotatable bonds is 2. The van der Waals surface area contributed by atoms with E-state index in [0.717, 1.165) is 31.6 Å². The highest BCUT2D eigenvalue weighted by molar-refractivity contribution is 5.78. The lowest BCUT2D eigenvalue weighted by Crippen LogP contribution is -2.36. The monoisotopic (exact) mass is 243 g/mol. The molecule has 0 amide bonds. The molecule has 3 rings (SSSR count). The summed E-state index contributed by atoms with van der Waals surface area (Å²) >= 11 is 0. The minimum Gasteiger partial charge on any atom is -0.358 e. The highest BCUT2D eigenvalue weighted by Gasteiger charge is 2.23. The Morgan fingerprint density at radius 2 is 2.11 bits per heavy atom. The first-order chi connectivity index (χ1) is 8.75. The Hall–Kier alpha value is -1.84. The van der Waals surface area contributed by atoms with E-state index in [1.54, 1.807) is 6.92 Å². The van der Waals surface area contributed by atoms with Crippen molar-refractivity contribution in [3.63, 3.8) is 0 Å². The SMILES string of the molecule is CC(=O)C1CCN(c2cccc3nccn23)CC1. The Morgan fingerprint density at radius 1 is 1.33 bits per heavy atom. The zero-order valence-corrected chi connectivity index (χ0v) is 10.5. The van der Waals surface area contributed by atoms with E-state index < -0.39 is 0 Å². The molecule has 0 atom stereocenters. The lowest BCUT2D eigenvalue weighted by atomic mass is 9.93. The van der Waals surface area contributed by atoms with Gasteiger partial charge < -0.3 is 4.90 Å². The fourth-order valence-corrected chi connectivity index (χ4v) is 2.71. The molecule has 0 aliphatic carbocycles. The molecule has 1 saturated heterocycles. The van der Waals surface area contributed by atoms with E-state index in [1.807, 2.05) is 24.5 Å². The molecule has 18 heavy (non-hydrogen) atoms. The summed E-state index contributed by atoms with van der Waals surface area (Å²) in [5, 5.41) is 0. The average Bonchev–Trinajstić information content (AvgIpc) is 2.87. The third-order valence-electron chi connectivity index (χ3n) is 3.80.